The molecule has 26 heavy (non-hydrogen) atoms. The van der Waals surface area contributed by atoms with E-state index in [4.69, 9.17) is 26.4 Å². The predicted molar refractivity (Wildman–Crippen MR) is 98.9 cm³/mol. The van der Waals surface area contributed by atoms with Gasteiger partial charge in [0.1, 0.15) is 13.2 Å². The van der Waals surface area contributed by atoms with Gasteiger partial charge in [0.25, 0.3) is 0 Å². The van der Waals surface area contributed by atoms with Crippen LogP contribution in [0.5, 0.6) is 0 Å². The molecule has 0 spiro atoms. The van der Waals surface area contributed by atoms with Gasteiger partial charge in [0.2, 0.25) is 0 Å². The molecule has 1 N–H and O–H groups in total. The Morgan fingerprint density at radius 2 is 1.96 bits per heavy atom. The Bertz CT molecular complexity index is 953. The highest BCUT2D eigenvalue weighted by Gasteiger charge is 2.23. The highest BCUT2D eigenvalue weighted by atomic mass is 35.5. The Balaban J connectivity index is 1.84. The van der Waals surface area contributed by atoms with Gasteiger partial charge in [-0.3, -0.25) is 9.56 Å². The maximum absolute atomic E-state index is 8.93. The molecular weight excluding hydrogens is 352 g/mol. The molecule has 0 atom stereocenters. The molecule has 0 fully saturated rings. The Kier molecular flexibility index (Phi) is 4.79. The quantitative estimate of drug-likeness (QED) is 0.703. The van der Waals surface area contributed by atoms with Gasteiger partial charge in [-0.05, 0) is 18.2 Å². The maximum Gasteiger partial charge on any atom is 0.163 e. The average Bonchev–Trinajstić information content (AvgIpc) is 2.98. The molecule has 0 saturated carbocycles. The van der Waals surface area contributed by atoms with Crippen LogP contribution < -0.4 is 0 Å². The van der Waals surface area contributed by atoms with E-state index in [1.165, 1.54) is 0 Å². The van der Waals surface area contributed by atoms with Gasteiger partial charge in [-0.1, -0.05) is 41.9 Å². The molecule has 2 heterocycles. The monoisotopic (exact) mass is 368 g/mol. The van der Waals surface area contributed by atoms with Gasteiger partial charge >= 0.3 is 0 Å². The van der Waals surface area contributed by atoms with Crippen LogP contribution in [0.3, 0.4) is 0 Å². The van der Waals surface area contributed by atoms with Gasteiger partial charge in [0.05, 0.1) is 24.6 Å². The van der Waals surface area contributed by atoms with Crippen LogP contribution in [0.1, 0.15) is 22.8 Å². The van der Waals surface area contributed by atoms with Gasteiger partial charge in [-0.2, -0.15) is 0 Å². The molecule has 7 heteroatoms. The fourth-order valence-electron chi connectivity index (χ4n) is 3.03. The lowest BCUT2D eigenvalue weighted by Crippen LogP contribution is -2.11. The first-order chi connectivity index (χ1) is 12.8. The van der Waals surface area contributed by atoms with Crippen LogP contribution >= 0.6 is 11.6 Å². The molecule has 6 nitrogen and oxygen atoms in total. The number of aromatic nitrogens is 3. The summed E-state index contributed by atoms with van der Waals surface area (Å²) in [5.41, 5.74) is 3.73. The number of ether oxygens (including phenoxy) is 1. The number of aliphatic hydroxyl groups excluding tert-OH is 1. The van der Waals surface area contributed by atoms with E-state index in [2.05, 4.69) is 10.2 Å². The molecule has 1 aliphatic heterocycles. The molecule has 2 aromatic carbocycles. The van der Waals surface area contributed by atoms with Crippen molar-refractivity contribution in [2.45, 2.75) is 13.2 Å². The van der Waals surface area contributed by atoms with Gasteiger partial charge in [0.15, 0.2) is 11.6 Å². The van der Waals surface area contributed by atoms with Crippen LogP contribution in [0, 0.1) is 0 Å². The van der Waals surface area contributed by atoms with Crippen molar-refractivity contribution < 1.29 is 9.84 Å². The minimum atomic E-state index is -0.0333. The highest BCUT2D eigenvalue weighted by molar-refractivity contribution is 6.31. The Morgan fingerprint density at radius 1 is 1.12 bits per heavy atom. The number of rotatable bonds is 5. The lowest BCUT2D eigenvalue weighted by molar-refractivity contribution is 0.0768. The molecule has 0 bridgehead atoms. The summed E-state index contributed by atoms with van der Waals surface area (Å²) in [6.07, 6.45) is 0. The zero-order valence-corrected chi connectivity index (χ0v) is 14.7. The molecule has 132 valence electrons. The van der Waals surface area contributed by atoms with Crippen molar-refractivity contribution in [1.29, 1.82) is 0 Å². The van der Waals surface area contributed by atoms with Crippen LogP contribution in [0.15, 0.2) is 53.5 Å². The fraction of sp³-hybridized carbons (Fsp3) is 0.211. The maximum atomic E-state index is 8.93. The van der Waals surface area contributed by atoms with Crippen molar-refractivity contribution in [2.24, 2.45) is 4.99 Å². The van der Waals surface area contributed by atoms with E-state index in [9.17, 15) is 0 Å². The topological polar surface area (TPSA) is 72.5 Å². The summed E-state index contributed by atoms with van der Waals surface area (Å²) in [7, 11) is 0. The molecule has 3 aromatic rings. The van der Waals surface area contributed by atoms with Crippen molar-refractivity contribution >= 4 is 17.3 Å². The third-order valence-electron chi connectivity index (χ3n) is 4.14. The van der Waals surface area contributed by atoms with Crippen molar-refractivity contribution in [3.05, 3.63) is 76.3 Å². The first-order valence-electron chi connectivity index (χ1n) is 8.30. The lowest BCUT2D eigenvalue weighted by Gasteiger charge is -2.14. The smallest absolute Gasteiger partial charge is 0.163 e. The molecule has 0 saturated heterocycles. The average molecular weight is 369 g/mol. The van der Waals surface area contributed by atoms with Crippen molar-refractivity contribution in [3.63, 3.8) is 0 Å². The van der Waals surface area contributed by atoms with E-state index in [-0.39, 0.29) is 19.8 Å². The summed E-state index contributed by atoms with van der Waals surface area (Å²) in [4.78, 5) is 4.78. The normalized spacial score (nSPS) is 12.9. The number of hydrogen-bond donors (Lipinski definition) is 1. The third-order valence-corrected chi connectivity index (χ3v) is 4.38. The second-order valence-corrected chi connectivity index (χ2v) is 6.27. The zero-order chi connectivity index (χ0) is 17.9. The predicted octanol–water partition coefficient (Wildman–Crippen LogP) is 2.78. The summed E-state index contributed by atoms with van der Waals surface area (Å²) >= 11 is 6.28. The SMILES string of the molecule is OCCOCc1nnc2n1-c1ccc(Cl)cc1C(c1ccccc1)=NC2. The Morgan fingerprint density at radius 3 is 2.77 bits per heavy atom. The summed E-state index contributed by atoms with van der Waals surface area (Å²) in [5, 5.41) is 18.1. The zero-order valence-electron chi connectivity index (χ0n) is 14.0. The fourth-order valence-corrected chi connectivity index (χ4v) is 3.20. The third kappa shape index (κ3) is 3.14. The standard InChI is InChI=1S/C19H17ClN4O2/c20-14-6-7-16-15(10-14)19(13-4-2-1-3-5-13)21-11-17-22-23-18(24(16)17)12-26-9-8-25/h1-7,10,25H,8-9,11-12H2. The van der Waals surface area contributed by atoms with Crippen LogP contribution in [0.2, 0.25) is 5.02 Å². The minimum absolute atomic E-state index is 0.0333. The number of fused-ring (bicyclic) bond motifs is 3. The second kappa shape index (κ2) is 7.37. The van der Waals surface area contributed by atoms with E-state index in [1.54, 1.807) is 0 Å². The number of halogens is 1. The van der Waals surface area contributed by atoms with Crippen LogP contribution in [0.4, 0.5) is 0 Å². The molecule has 1 aromatic heterocycles. The summed E-state index contributed by atoms with van der Waals surface area (Å²) in [6, 6.07) is 15.7. The molecule has 0 amide bonds. The summed E-state index contributed by atoms with van der Waals surface area (Å²) in [6.45, 7) is 0.885. The number of hydrogen-bond acceptors (Lipinski definition) is 5. The summed E-state index contributed by atoms with van der Waals surface area (Å²) in [5.74, 6) is 1.41. The number of aliphatic imine (C=N–C) groups is 1. The number of aliphatic hydroxyl groups is 1. The summed E-state index contributed by atoms with van der Waals surface area (Å²) < 4.78 is 7.41. The number of benzene rings is 2. The van der Waals surface area contributed by atoms with Gasteiger partial charge in [-0.25, -0.2) is 0 Å². The second-order valence-electron chi connectivity index (χ2n) is 5.84. The number of nitrogens with zero attached hydrogens (tertiary/aromatic N) is 4. The minimum Gasteiger partial charge on any atom is -0.394 e. The van der Waals surface area contributed by atoms with E-state index >= 15 is 0 Å². The van der Waals surface area contributed by atoms with Crippen LogP contribution in [-0.2, 0) is 17.9 Å². The van der Waals surface area contributed by atoms with Crippen molar-refractivity contribution in [1.82, 2.24) is 14.8 Å². The van der Waals surface area contributed by atoms with Gasteiger partial charge in [0, 0.05) is 16.1 Å². The van der Waals surface area contributed by atoms with E-state index < -0.39 is 0 Å². The van der Waals surface area contributed by atoms with E-state index in [0.29, 0.717) is 17.4 Å². The highest BCUT2D eigenvalue weighted by Crippen LogP contribution is 2.28. The van der Waals surface area contributed by atoms with Crippen molar-refractivity contribution in [2.75, 3.05) is 13.2 Å². The molecular formula is C19H17ClN4O2. The molecule has 1 aliphatic rings. The Hall–Kier alpha value is -2.54. The molecule has 0 aliphatic carbocycles. The van der Waals surface area contributed by atoms with Crippen LogP contribution in [0.25, 0.3) is 5.69 Å². The Labute approximate surface area is 155 Å². The van der Waals surface area contributed by atoms with Crippen molar-refractivity contribution in [3.8, 4) is 5.69 Å². The van der Waals surface area contributed by atoms with Crippen LogP contribution in [-0.4, -0.2) is 38.8 Å². The molecule has 4 rings (SSSR count). The molecule has 0 unspecified atom stereocenters. The first-order valence-corrected chi connectivity index (χ1v) is 8.67. The van der Waals surface area contributed by atoms with Gasteiger partial charge in [-0.15, -0.1) is 10.2 Å². The van der Waals surface area contributed by atoms with E-state index in [1.807, 2.05) is 53.1 Å². The lowest BCUT2D eigenvalue weighted by atomic mass is 10.0. The first kappa shape index (κ1) is 16.9. The largest absolute Gasteiger partial charge is 0.394 e. The van der Waals surface area contributed by atoms with Gasteiger partial charge < -0.3 is 9.84 Å². The van der Waals surface area contributed by atoms with E-state index in [0.717, 1.165) is 28.4 Å². The molecule has 0 radical (unpaired) electrons.